The molecular weight excluding hydrogens is 453 g/mol. The van der Waals surface area contributed by atoms with Crippen LogP contribution in [0.15, 0.2) is 15.6 Å². The quantitative estimate of drug-likeness (QED) is 0.359. The van der Waals surface area contributed by atoms with Crippen LogP contribution < -0.4 is 10.6 Å². The number of piperidine rings is 1. The van der Waals surface area contributed by atoms with Crippen LogP contribution in [0.25, 0.3) is 0 Å². The average Bonchev–Trinajstić information content (AvgIpc) is 3.07. The van der Waals surface area contributed by atoms with Crippen molar-refractivity contribution in [2.24, 2.45) is 4.99 Å². The van der Waals surface area contributed by atoms with E-state index in [0.717, 1.165) is 24.8 Å². The van der Waals surface area contributed by atoms with Gasteiger partial charge in [0.2, 0.25) is 5.89 Å². The van der Waals surface area contributed by atoms with E-state index in [0.29, 0.717) is 24.5 Å². The Balaban J connectivity index is 0.00000364. The molecule has 1 aliphatic heterocycles. The van der Waals surface area contributed by atoms with E-state index in [2.05, 4.69) is 67.1 Å². The highest BCUT2D eigenvalue weighted by Gasteiger charge is 2.23. The average molecular weight is 491 g/mol. The summed E-state index contributed by atoms with van der Waals surface area (Å²) in [6, 6.07) is 1.16. The number of likely N-dealkylation sites (tertiary alicyclic amines) is 1. The van der Waals surface area contributed by atoms with Gasteiger partial charge in [-0.15, -0.1) is 24.0 Å². The number of aromatic nitrogens is 1. The summed E-state index contributed by atoms with van der Waals surface area (Å²) in [7, 11) is 0. The van der Waals surface area contributed by atoms with Gasteiger partial charge in [0.25, 0.3) is 0 Å². The smallest absolute Gasteiger partial charge is 0.216 e. The number of halogens is 1. The third-order valence-electron chi connectivity index (χ3n) is 4.99. The Morgan fingerprint density at radius 2 is 2.11 bits per heavy atom. The molecule has 2 unspecified atom stereocenters. The summed E-state index contributed by atoms with van der Waals surface area (Å²) in [4.78, 5) is 11.6. The van der Waals surface area contributed by atoms with Gasteiger partial charge in [0.05, 0.1) is 6.20 Å². The van der Waals surface area contributed by atoms with Crippen LogP contribution >= 0.6 is 24.0 Å². The predicted octanol–water partition coefficient (Wildman–Crippen LogP) is 3.91. The lowest BCUT2D eigenvalue weighted by atomic mass is 9.94. The Morgan fingerprint density at radius 3 is 2.70 bits per heavy atom. The van der Waals surface area contributed by atoms with Gasteiger partial charge in [-0.1, -0.05) is 27.2 Å². The Kier molecular flexibility index (Phi) is 10.1. The van der Waals surface area contributed by atoms with Crippen LogP contribution in [0, 0.1) is 0 Å². The molecule has 7 heteroatoms. The summed E-state index contributed by atoms with van der Waals surface area (Å²) in [5.74, 6) is 2.37. The number of rotatable bonds is 6. The number of oxazole rings is 1. The van der Waals surface area contributed by atoms with Crippen LogP contribution in [0.2, 0.25) is 0 Å². The molecule has 0 aromatic carbocycles. The molecule has 1 aromatic rings. The SMILES string of the molecule is CCNC(=NCc1ncc(C(C)(C)C)o1)NCC(C)N1CCCCC1C.I. The standard InChI is InChI=1S/C20H37N5O.HI/c1-7-21-19(23-12-16(3)25-11-9-8-10-15(25)2)24-14-18-22-13-17(26-18)20(4,5)6;/h13,15-16H,7-12,14H2,1-6H3,(H2,21,23,24);1H. The fourth-order valence-electron chi connectivity index (χ4n) is 3.36. The van der Waals surface area contributed by atoms with Crippen molar-refractivity contribution < 1.29 is 4.42 Å². The van der Waals surface area contributed by atoms with Gasteiger partial charge in [-0.25, -0.2) is 9.98 Å². The molecule has 2 rings (SSSR count). The second-order valence-electron chi connectivity index (χ2n) is 8.38. The first kappa shape index (κ1) is 24.2. The van der Waals surface area contributed by atoms with Crippen molar-refractivity contribution in [3.05, 3.63) is 17.8 Å². The molecule has 0 aliphatic carbocycles. The number of guanidine groups is 1. The van der Waals surface area contributed by atoms with Crippen molar-refractivity contribution in [2.45, 2.75) is 84.8 Å². The lowest BCUT2D eigenvalue weighted by Crippen LogP contribution is -2.50. The first-order chi connectivity index (χ1) is 12.3. The zero-order valence-corrected chi connectivity index (χ0v) is 20.2. The Labute approximate surface area is 182 Å². The van der Waals surface area contributed by atoms with Crippen molar-refractivity contribution in [3.63, 3.8) is 0 Å². The minimum absolute atomic E-state index is 0. The molecule has 156 valence electrons. The van der Waals surface area contributed by atoms with Gasteiger partial charge in [-0.05, 0) is 40.2 Å². The molecule has 0 spiro atoms. The highest BCUT2D eigenvalue weighted by Crippen LogP contribution is 2.22. The Morgan fingerprint density at radius 1 is 1.37 bits per heavy atom. The van der Waals surface area contributed by atoms with Crippen molar-refractivity contribution >= 4 is 29.9 Å². The van der Waals surface area contributed by atoms with E-state index in [-0.39, 0.29) is 29.4 Å². The van der Waals surface area contributed by atoms with E-state index in [9.17, 15) is 0 Å². The lowest BCUT2D eigenvalue weighted by Gasteiger charge is -2.38. The van der Waals surface area contributed by atoms with Crippen LogP contribution in [0.3, 0.4) is 0 Å². The molecule has 2 atom stereocenters. The number of aliphatic imine (C=N–C) groups is 1. The van der Waals surface area contributed by atoms with Crippen LogP contribution in [0.1, 0.15) is 72.5 Å². The maximum Gasteiger partial charge on any atom is 0.216 e. The largest absolute Gasteiger partial charge is 0.443 e. The summed E-state index contributed by atoms with van der Waals surface area (Å²) in [5.41, 5.74) is -0.0295. The highest BCUT2D eigenvalue weighted by atomic mass is 127. The molecule has 0 bridgehead atoms. The number of nitrogens with one attached hydrogen (secondary N) is 2. The number of nitrogens with zero attached hydrogens (tertiary/aromatic N) is 3. The molecular formula is C20H38IN5O. The summed E-state index contributed by atoms with van der Waals surface area (Å²) in [6.45, 7) is 16.4. The summed E-state index contributed by atoms with van der Waals surface area (Å²) >= 11 is 0. The van der Waals surface area contributed by atoms with Crippen LogP contribution in [0.5, 0.6) is 0 Å². The summed E-state index contributed by atoms with van der Waals surface area (Å²) in [6.07, 6.45) is 5.78. The maximum absolute atomic E-state index is 5.83. The van der Waals surface area contributed by atoms with Crippen molar-refractivity contribution in [2.75, 3.05) is 19.6 Å². The van der Waals surface area contributed by atoms with Crippen molar-refractivity contribution in [3.8, 4) is 0 Å². The van der Waals surface area contributed by atoms with Gasteiger partial charge in [-0.2, -0.15) is 0 Å². The predicted molar refractivity (Wildman–Crippen MR) is 123 cm³/mol. The summed E-state index contributed by atoms with van der Waals surface area (Å²) < 4.78 is 5.83. The van der Waals surface area contributed by atoms with Crippen LogP contribution in [-0.4, -0.2) is 47.6 Å². The van der Waals surface area contributed by atoms with Gasteiger partial charge >= 0.3 is 0 Å². The molecule has 0 radical (unpaired) electrons. The molecule has 1 aromatic heterocycles. The minimum Gasteiger partial charge on any atom is -0.443 e. The van der Waals surface area contributed by atoms with Gasteiger partial charge in [0, 0.05) is 30.6 Å². The minimum atomic E-state index is -0.0295. The van der Waals surface area contributed by atoms with Crippen LogP contribution in [-0.2, 0) is 12.0 Å². The molecule has 0 amide bonds. The molecule has 1 aliphatic rings. The van der Waals surface area contributed by atoms with Gasteiger partial charge < -0.3 is 15.1 Å². The normalized spacial score (nSPS) is 20.1. The summed E-state index contributed by atoms with van der Waals surface area (Å²) in [5, 5.41) is 6.78. The maximum atomic E-state index is 5.83. The molecule has 2 N–H and O–H groups in total. The monoisotopic (exact) mass is 491 g/mol. The van der Waals surface area contributed by atoms with E-state index < -0.39 is 0 Å². The third kappa shape index (κ3) is 7.60. The molecule has 27 heavy (non-hydrogen) atoms. The second kappa shape index (κ2) is 11.2. The molecule has 0 saturated carbocycles. The van der Waals surface area contributed by atoms with Gasteiger partial charge in [-0.3, -0.25) is 4.90 Å². The number of hydrogen-bond donors (Lipinski definition) is 2. The van der Waals surface area contributed by atoms with E-state index in [1.165, 1.54) is 25.8 Å². The van der Waals surface area contributed by atoms with E-state index >= 15 is 0 Å². The van der Waals surface area contributed by atoms with Crippen molar-refractivity contribution in [1.82, 2.24) is 20.5 Å². The van der Waals surface area contributed by atoms with E-state index in [1.807, 2.05) is 6.20 Å². The zero-order valence-electron chi connectivity index (χ0n) is 17.8. The second-order valence-corrected chi connectivity index (χ2v) is 8.38. The molecule has 1 fully saturated rings. The fraction of sp³-hybridized carbons (Fsp3) is 0.800. The topological polar surface area (TPSA) is 65.7 Å². The third-order valence-corrected chi connectivity index (χ3v) is 4.99. The van der Waals surface area contributed by atoms with Gasteiger partial charge in [0.15, 0.2) is 5.96 Å². The van der Waals surface area contributed by atoms with E-state index in [4.69, 9.17) is 4.42 Å². The first-order valence-electron chi connectivity index (χ1n) is 10.0. The first-order valence-corrected chi connectivity index (χ1v) is 10.0. The molecule has 1 saturated heterocycles. The zero-order chi connectivity index (χ0) is 19.2. The fourth-order valence-corrected chi connectivity index (χ4v) is 3.36. The number of hydrogen-bond acceptors (Lipinski definition) is 4. The lowest BCUT2D eigenvalue weighted by molar-refractivity contribution is 0.115. The highest BCUT2D eigenvalue weighted by molar-refractivity contribution is 14.0. The van der Waals surface area contributed by atoms with Gasteiger partial charge in [0.1, 0.15) is 12.3 Å². The van der Waals surface area contributed by atoms with Crippen molar-refractivity contribution in [1.29, 1.82) is 0 Å². The van der Waals surface area contributed by atoms with Crippen LogP contribution in [0.4, 0.5) is 0 Å². The Hall–Kier alpha value is -0.830. The Bertz CT molecular complexity index is 581. The van der Waals surface area contributed by atoms with E-state index in [1.54, 1.807) is 0 Å². The molecule has 6 nitrogen and oxygen atoms in total. The molecule has 2 heterocycles.